The zero-order valence-electron chi connectivity index (χ0n) is 12.2. The van der Waals surface area contributed by atoms with Crippen LogP contribution in [-0.4, -0.2) is 18.3 Å². The fourth-order valence-corrected chi connectivity index (χ4v) is 2.09. The van der Waals surface area contributed by atoms with Crippen LogP contribution in [0.2, 0.25) is 0 Å². The van der Waals surface area contributed by atoms with E-state index < -0.39 is 0 Å². The van der Waals surface area contributed by atoms with Crippen LogP contribution in [-0.2, 0) is 0 Å². The number of hydrogen-bond acceptors (Lipinski definition) is 2. The van der Waals surface area contributed by atoms with Gasteiger partial charge in [0.1, 0.15) is 0 Å². The number of nitrogens with one attached hydrogen (secondary N) is 1. The minimum absolute atomic E-state index is 0.146. The zero-order valence-corrected chi connectivity index (χ0v) is 12.2. The van der Waals surface area contributed by atoms with Gasteiger partial charge in [0.15, 0.2) is 0 Å². The van der Waals surface area contributed by atoms with E-state index in [2.05, 4.69) is 57.3 Å². The van der Waals surface area contributed by atoms with Crippen LogP contribution in [0.4, 0.5) is 0 Å². The van der Waals surface area contributed by atoms with Crippen molar-refractivity contribution in [3.8, 4) is 0 Å². The van der Waals surface area contributed by atoms with Gasteiger partial charge in [0.25, 0.3) is 0 Å². The molecule has 102 valence electrons. The summed E-state index contributed by atoms with van der Waals surface area (Å²) in [6.45, 7) is 9.89. The molecule has 0 saturated heterocycles. The van der Waals surface area contributed by atoms with E-state index in [1.807, 2.05) is 0 Å². The summed E-state index contributed by atoms with van der Waals surface area (Å²) in [4.78, 5) is 0. The van der Waals surface area contributed by atoms with Crippen molar-refractivity contribution in [3.05, 3.63) is 35.4 Å². The number of aliphatic hydroxyl groups is 1. The molecule has 0 fully saturated rings. The Morgan fingerprint density at radius 2 is 1.83 bits per heavy atom. The van der Waals surface area contributed by atoms with Gasteiger partial charge in [0.2, 0.25) is 0 Å². The first kappa shape index (κ1) is 15.2. The van der Waals surface area contributed by atoms with Crippen LogP contribution < -0.4 is 5.32 Å². The summed E-state index contributed by atoms with van der Waals surface area (Å²) in [5.41, 5.74) is 2.80. The Labute approximate surface area is 111 Å². The van der Waals surface area contributed by atoms with Gasteiger partial charge < -0.3 is 10.4 Å². The van der Waals surface area contributed by atoms with Crippen molar-refractivity contribution in [2.75, 3.05) is 13.2 Å². The van der Waals surface area contributed by atoms with Gasteiger partial charge in [-0.25, -0.2) is 0 Å². The first-order valence-corrected chi connectivity index (χ1v) is 6.89. The lowest BCUT2D eigenvalue weighted by atomic mass is 9.89. The molecule has 0 radical (unpaired) electrons. The van der Waals surface area contributed by atoms with Gasteiger partial charge in [-0.3, -0.25) is 0 Å². The van der Waals surface area contributed by atoms with Gasteiger partial charge >= 0.3 is 0 Å². The normalized spacial score (nSPS) is 13.6. The summed E-state index contributed by atoms with van der Waals surface area (Å²) in [7, 11) is 0. The summed E-state index contributed by atoms with van der Waals surface area (Å²) in [5, 5.41) is 12.7. The maximum Gasteiger partial charge on any atom is 0.0436 e. The maximum atomic E-state index is 9.04. The number of aryl methyl sites for hydroxylation is 1. The van der Waals surface area contributed by atoms with E-state index in [1.54, 1.807) is 0 Å². The first-order chi connectivity index (χ1) is 8.48. The van der Waals surface area contributed by atoms with Crippen LogP contribution in [0.25, 0.3) is 0 Å². The average molecular weight is 249 g/mol. The molecule has 0 heterocycles. The highest BCUT2D eigenvalue weighted by Crippen LogP contribution is 2.22. The molecular weight excluding hydrogens is 222 g/mol. The Morgan fingerprint density at radius 3 is 2.33 bits per heavy atom. The van der Waals surface area contributed by atoms with Crippen molar-refractivity contribution >= 4 is 0 Å². The summed E-state index contributed by atoms with van der Waals surface area (Å²) in [6, 6.07) is 9.14. The molecule has 1 aromatic rings. The van der Waals surface area contributed by atoms with Gasteiger partial charge in [0.05, 0.1) is 0 Å². The molecular formula is C16H27NO. The van der Waals surface area contributed by atoms with E-state index >= 15 is 0 Å². The van der Waals surface area contributed by atoms with E-state index in [0.717, 1.165) is 19.4 Å². The van der Waals surface area contributed by atoms with E-state index in [4.69, 9.17) is 5.11 Å². The van der Waals surface area contributed by atoms with Gasteiger partial charge in [-0.1, -0.05) is 50.6 Å². The van der Waals surface area contributed by atoms with Crippen LogP contribution >= 0.6 is 0 Å². The Balaban J connectivity index is 2.60. The van der Waals surface area contributed by atoms with Crippen molar-refractivity contribution in [1.82, 2.24) is 5.32 Å². The lowest BCUT2D eigenvalue weighted by Gasteiger charge is -2.27. The third-order valence-electron chi connectivity index (χ3n) is 3.50. The van der Waals surface area contributed by atoms with E-state index in [0.29, 0.717) is 6.04 Å². The second kappa shape index (κ2) is 6.91. The molecule has 1 atom stereocenters. The molecule has 1 aromatic carbocycles. The minimum Gasteiger partial charge on any atom is -0.396 e. The minimum atomic E-state index is 0.146. The van der Waals surface area contributed by atoms with Crippen molar-refractivity contribution < 1.29 is 5.11 Å². The van der Waals surface area contributed by atoms with Gasteiger partial charge in [-0.2, -0.15) is 0 Å². The van der Waals surface area contributed by atoms with Crippen molar-refractivity contribution in [1.29, 1.82) is 0 Å². The van der Waals surface area contributed by atoms with Crippen molar-refractivity contribution in [2.45, 2.75) is 46.6 Å². The molecule has 0 amide bonds. The summed E-state index contributed by atoms with van der Waals surface area (Å²) < 4.78 is 0. The fraction of sp³-hybridized carbons (Fsp3) is 0.625. The van der Waals surface area contributed by atoms with Crippen LogP contribution in [0.5, 0.6) is 0 Å². The first-order valence-electron chi connectivity index (χ1n) is 6.89. The molecule has 2 heteroatoms. The lowest BCUT2D eigenvalue weighted by Crippen LogP contribution is -2.32. The van der Waals surface area contributed by atoms with Gasteiger partial charge in [0, 0.05) is 19.2 Å². The van der Waals surface area contributed by atoms with Crippen molar-refractivity contribution in [2.24, 2.45) is 5.41 Å². The highest BCUT2D eigenvalue weighted by molar-refractivity contribution is 5.24. The second-order valence-electron chi connectivity index (χ2n) is 5.89. The summed E-state index contributed by atoms with van der Waals surface area (Å²) in [5.74, 6) is 0. The predicted octanol–water partition coefficient (Wildman–Crippen LogP) is 3.44. The molecule has 18 heavy (non-hydrogen) atoms. The summed E-state index contributed by atoms with van der Waals surface area (Å²) >= 11 is 0. The highest BCUT2D eigenvalue weighted by Gasteiger charge is 2.19. The smallest absolute Gasteiger partial charge is 0.0436 e. The van der Waals surface area contributed by atoms with E-state index in [1.165, 1.54) is 11.1 Å². The molecule has 0 aliphatic carbocycles. The molecule has 0 spiro atoms. The van der Waals surface area contributed by atoms with Crippen LogP contribution in [0.3, 0.4) is 0 Å². The Kier molecular flexibility index (Phi) is 5.83. The molecule has 2 N–H and O–H groups in total. The molecule has 0 aliphatic heterocycles. The van der Waals surface area contributed by atoms with Crippen LogP contribution in [0.1, 0.15) is 50.8 Å². The largest absolute Gasteiger partial charge is 0.396 e. The maximum absolute atomic E-state index is 9.04. The molecule has 0 aliphatic rings. The Bertz CT molecular complexity index is 343. The SMILES string of the molecule is CCC(NCC(C)(C)CCO)c1ccc(C)cc1. The average Bonchev–Trinajstić information content (AvgIpc) is 2.32. The quantitative estimate of drug-likeness (QED) is 0.776. The Hall–Kier alpha value is -0.860. The Morgan fingerprint density at radius 1 is 1.22 bits per heavy atom. The highest BCUT2D eigenvalue weighted by atomic mass is 16.3. The monoisotopic (exact) mass is 249 g/mol. The summed E-state index contributed by atoms with van der Waals surface area (Å²) in [6.07, 6.45) is 1.92. The molecule has 1 rings (SSSR count). The molecule has 1 unspecified atom stereocenters. The fourth-order valence-electron chi connectivity index (χ4n) is 2.09. The number of aliphatic hydroxyl groups excluding tert-OH is 1. The van der Waals surface area contributed by atoms with Crippen LogP contribution in [0.15, 0.2) is 24.3 Å². The number of benzene rings is 1. The predicted molar refractivity (Wildman–Crippen MR) is 77.7 cm³/mol. The van der Waals surface area contributed by atoms with Gasteiger partial charge in [-0.15, -0.1) is 0 Å². The van der Waals surface area contributed by atoms with Crippen LogP contribution in [0, 0.1) is 12.3 Å². The topological polar surface area (TPSA) is 32.3 Å². The van der Waals surface area contributed by atoms with E-state index in [-0.39, 0.29) is 12.0 Å². The molecule has 2 nitrogen and oxygen atoms in total. The molecule has 0 bridgehead atoms. The lowest BCUT2D eigenvalue weighted by molar-refractivity contribution is 0.202. The number of hydrogen-bond donors (Lipinski definition) is 2. The third kappa shape index (κ3) is 4.79. The third-order valence-corrected chi connectivity index (χ3v) is 3.50. The van der Waals surface area contributed by atoms with Gasteiger partial charge in [-0.05, 0) is 30.7 Å². The second-order valence-corrected chi connectivity index (χ2v) is 5.89. The molecule has 0 aromatic heterocycles. The molecule has 0 saturated carbocycles. The standard InChI is InChI=1S/C16H27NO/c1-5-15(14-8-6-13(2)7-9-14)17-12-16(3,4)10-11-18/h6-9,15,17-18H,5,10-12H2,1-4H3. The zero-order chi connectivity index (χ0) is 13.6. The van der Waals surface area contributed by atoms with E-state index in [9.17, 15) is 0 Å². The number of rotatable bonds is 7. The van der Waals surface area contributed by atoms with Crippen molar-refractivity contribution in [3.63, 3.8) is 0 Å².